The van der Waals surface area contributed by atoms with Crippen molar-refractivity contribution in [1.29, 1.82) is 0 Å². The molecule has 0 spiro atoms. The van der Waals surface area contributed by atoms with E-state index in [0.717, 1.165) is 23.5 Å². The first kappa shape index (κ1) is 21.6. The zero-order chi connectivity index (χ0) is 22.5. The Labute approximate surface area is 192 Å². The topological polar surface area (TPSA) is 71.1 Å². The normalized spacial score (nSPS) is 11.6. The van der Waals surface area contributed by atoms with Crippen LogP contribution in [0.5, 0.6) is 0 Å². The van der Waals surface area contributed by atoms with Crippen molar-refractivity contribution in [2.75, 3.05) is 5.32 Å². The number of carbonyl (C=O) groups excluding carboxylic acids is 2. The summed E-state index contributed by atoms with van der Waals surface area (Å²) in [6, 6.07) is 23.7. The van der Waals surface area contributed by atoms with E-state index in [1.807, 2.05) is 49.3 Å². The van der Waals surface area contributed by atoms with E-state index in [9.17, 15) is 9.59 Å². The molecule has 0 radical (unpaired) electrons. The number of nitrogens with one attached hydrogen (secondary N) is 2. The molecule has 1 heterocycles. The maximum atomic E-state index is 13.6. The van der Waals surface area contributed by atoms with Gasteiger partial charge >= 0.3 is 0 Å². The lowest BCUT2D eigenvalue weighted by molar-refractivity contribution is 0.0867. The van der Waals surface area contributed by atoms with Gasteiger partial charge in [-0.1, -0.05) is 72.4 Å². The van der Waals surface area contributed by atoms with E-state index in [1.165, 1.54) is 0 Å². The first-order valence-electron chi connectivity index (χ1n) is 10.3. The lowest BCUT2D eigenvalue weighted by Gasteiger charge is -2.21. The number of ketones is 1. The van der Waals surface area contributed by atoms with E-state index in [2.05, 4.69) is 15.6 Å². The number of halogens is 1. The largest absolute Gasteiger partial charge is 0.359 e. The Morgan fingerprint density at radius 2 is 1.69 bits per heavy atom. The third-order valence-corrected chi connectivity index (χ3v) is 5.47. The van der Waals surface area contributed by atoms with Gasteiger partial charge in [0.15, 0.2) is 13.4 Å². The Morgan fingerprint density at radius 3 is 2.41 bits per heavy atom. The molecule has 0 aliphatic rings. The lowest BCUT2D eigenvalue weighted by atomic mass is 9.74. The van der Waals surface area contributed by atoms with Crippen LogP contribution in [0.3, 0.4) is 0 Å². The highest BCUT2D eigenvalue weighted by Gasteiger charge is 2.24. The molecule has 4 aromatic rings. The van der Waals surface area contributed by atoms with Crippen molar-refractivity contribution in [2.45, 2.75) is 13.0 Å². The molecule has 1 unspecified atom stereocenters. The van der Waals surface area contributed by atoms with Crippen molar-refractivity contribution < 1.29 is 9.59 Å². The van der Waals surface area contributed by atoms with Crippen LogP contribution in [0.1, 0.15) is 20.8 Å². The Bertz CT molecular complexity index is 1260. The number of nitrogens with zero attached hydrogens (tertiary/aromatic N) is 1. The summed E-state index contributed by atoms with van der Waals surface area (Å²) in [5, 5.41) is 8.28. The van der Waals surface area contributed by atoms with Crippen molar-refractivity contribution in [3.8, 4) is 0 Å². The van der Waals surface area contributed by atoms with Crippen LogP contribution in [-0.4, -0.2) is 30.1 Å². The molecule has 7 heteroatoms. The molecule has 5 nitrogen and oxygen atoms in total. The maximum Gasteiger partial charge on any atom is 0.271 e. The number of pyridine rings is 1. The number of fused-ring (bicyclic) bond motifs is 1. The average Bonchev–Trinajstić information content (AvgIpc) is 2.84. The van der Waals surface area contributed by atoms with Crippen LogP contribution in [0.25, 0.3) is 10.8 Å². The number of amides is 1. The number of aromatic nitrogens is 1. The van der Waals surface area contributed by atoms with Gasteiger partial charge in [0.2, 0.25) is 5.78 Å². The fourth-order valence-electron chi connectivity index (χ4n) is 3.45. The van der Waals surface area contributed by atoms with Crippen molar-refractivity contribution in [1.82, 2.24) is 10.3 Å². The van der Waals surface area contributed by atoms with E-state index in [-0.39, 0.29) is 11.5 Å². The molecule has 32 heavy (non-hydrogen) atoms. The highest BCUT2D eigenvalue weighted by Crippen LogP contribution is 2.21. The van der Waals surface area contributed by atoms with E-state index < -0.39 is 12.1 Å². The highest BCUT2D eigenvalue weighted by atomic mass is 35.5. The minimum atomic E-state index is -0.998. The van der Waals surface area contributed by atoms with Crippen LogP contribution >= 0.6 is 11.6 Å². The quantitative estimate of drug-likeness (QED) is 0.258. The van der Waals surface area contributed by atoms with E-state index >= 15 is 0 Å². The monoisotopic (exact) mass is 441 g/mol. The minimum Gasteiger partial charge on any atom is -0.359 e. The molecule has 1 amide bonds. The molecule has 158 valence electrons. The first-order valence-corrected chi connectivity index (χ1v) is 10.7. The van der Waals surface area contributed by atoms with Gasteiger partial charge in [-0.15, -0.1) is 0 Å². The Hall–Kier alpha value is -3.64. The number of rotatable bonds is 7. The second kappa shape index (κ2) is 9.66. The molecule has 3 aromatic carbocycles. The highest BCUT2D eigenvalue weighted by molar-refractivity contribution is 6.51. The lowest BCUT2D eigenvalue weighted by Crippen LogP contribution is -2.46. The third kappa shape index (κ3) is 4.81. The molecule has 0 aliphatic carbocycles. The summed E-state index contributed by atoms with van der Waals surface area (Å²) in [4.78, 5) is 30.7. The third-order valence-electron chi connectivity index (χ3n) is 5.21. The maximum absolute atomic E-state index is 13.6. The van der Waals surface area contributed by atoms with Gasteiger partial charge in [-0.05, 0) is 41.1 Å². The number of carbonyl (C=O) groups is 2. The summed E-state index contributed by atoms with van der Waals surface area (Å²) in [6.07, 6.45) is 0.672. The summed E-state index contributed by atoms with van der Waals surface area (Å²) in [5.41, 5.74) is 2.45. The molecular formula is C25H21BClN3O2. The van der Waals surface area contributed by atoms with Gasteiger partial charge in [-0.2, -0.15) is 0 Å². The first-order chi connectivity index (χ1) is 15.5. The van der Waals surface area contributed by atoms with Gasteiger partial charge in [0.25, 0.3) is 5.91 Å². The average molecular weight is 442 g/mol. The Balaban J connectivity index is 1.66. The second-order valence-corrected chi connectivity index (χ2v) is 7.79. The van der Waals surface area contributed by atoms with Crippen LogP contribution in [0, 0.1) is 0 Å². The minimum absolute atomic E-state index is 0.246. The van der Waals surface area contributed by atoms with Crippen LogP contribution in [0.2, 0.25) is 11.8 Å². The van der Waals surface area contributed by atoms with Crippen LogP contribution < -0.4 is 16.1 Å². The van der Waals surface area contributed by atoms with Gasteiger partial charge < -0.3 is 10.6 Å². The zero-order valence-electron chi connectivity index (χ0n) is 17.5. The fraction of sp³-hybridized carbons (Fsp3) is 0.0800. The smallest absolute Gasteiger partial charge is 0.271 e. The van der Waals surface area contributed by atoms with Crippen LogP contribution in [0.15, 0.2) is 85.1 Å². The molecule has 1 atom stereocenters. The summed E-state index contributed by atoms with van der Waals surface area (Å²) in [7, 11) is 0.829. The zero-order valence-corrected chi connectivity index (χ0v) is 18.3. The van der Waals surface area contributed by atoms with Crippen molar-refractivity contribution in [2.24, 2.45) is 0 Å². The molecule has 4 rings (SSSR count). The molecular weight excluding hydrogens is 421 g/mol. The molecule has 0 fully saturated rings. The van der Waals surface area contributed by atoms with E-state index in [4.69, 9.17) is 11.6 Å². The molecule has 0 saturated heterocycles. The van der Waals surface area contributed by atoms with Gasteiger partial charge in [0, 0.05) is 22.5 Å². The number of anilines is 1. The molecule has 0 bridgehead atoms. The van der Waals surface area contributed by atoms with E-state index in [0.29, 0.717) is 16.3 Å². The van der Waals surface area contributed by atoms with Gasteiger partial charge in [0.05, 0.1) is 0 Å². The predicted molar refractivity (Wildman–Crippen MR) is 131 cm³/mol. The number of hydrogen-bond acceptors (Lipinski definition) is 4. The van der Waals surface area contributed by atoms with Crippen molar-refractivity contribution in [3.63, 3.8) is 0 Å². The standard InChI is InChI=1S/C25H21BClN3O2/c1-26-17-9-14-22(28-15-17)25(32)30-24(29-19-12-10-18(27)11-13-19)23(31)21-8-4-6-16-5-2-3-7-20(16)21/h2-15,24,26,29H,1H3,(H,30,32). The second-order valence-electron chi connectivity index (χ2n) is 7.35. The molecule has 2 N–H and O–H groups in total. The Morgan fingerprint density at radius 1 is 0.938 bits per heavy atom. The summed E-state index contributed by atoms with van der Waals surface area (Å²) in [6.45, 7) is 2.02. The van der Waals surface area contributed by atoms with Crippen LogP contribution in [0.4, 0.5) is 5.69 Å². The summed E-state index contributed by atoms with van der Waals surface area (Å²) < 4.78 is 0. The van der Waals surface area contributed by atoms with Crippen LogP contribution in [-0.2, 0) is 0 Å². The van der Waals surface area contributed by atoms with Gasteiger partial charge in [-0.25, -0.2) is 0 Å². The van der Waals surface area contributed by atoms with Gasteiger partial charge in [-0.3, -0.25) is 14.6 Å². The molecule has 0 saturated carbocycles. The summed E-state index contributed by atoms with van der Waals surface area (Å²) >= 11 is 5.99. The number of hydrogen-bond donors (Lipinski definition) is 2. The fourth-order valence-corrected chi connectivity index (χ4v) is 3.57. The van der Waals surface area contributed by atoms with Crippen molar-refractivity contribution >= 4 is 52.5 Å². The number of Topliss-reactive ketones (excluding diaryl/α,β-unsaturated/α-hetero) is 1. The molecule has 1 aromatic heterocycles. The summed E-state index contributed by atoms with van der Waals surface area (Å²) in [5.74, 6) is -0.692. The van der Waals surface area contributed by atoms with Crippen molar-refractivity contribution in [3.05, 3.63) is 101 Å². The predicted octanol–water partition coefficient (Wildman–Crippen LogP) is 4.05. The van der Waals surface area contributed by atoms with Gasteiger partial charge in [0.1, 0.15) is 5.69 Å². The van der Waals surface area contributed by atoms with E-state index in [1.54, 1.807) is 42.6 Å². The SMILES string of the molecule is CBc1ccc(C(=O)NC(Nc2ccc(Cl)cc2)C(=O)c2cccc3ccccc23)nc1. The number of benzene rings is 3. The molecule has 0 aliphatic heterocycles. The Kier molecular flexibility index (Phi) is 6.52.